The molecule has 152 valence electrons. The molecule has 7 heteroatoms. The van der Waals surface area contributed by atoms with E-state index in [-0.39, 0.29) is 16.9 Å². The standard InChI is InChI=1S/C23H20ClN3O2S/c1-14-9-10-17(11-15(14)2)22(29)27-23(30)26-20-8-4-7-19(13-20)25-21(28)16-5-3-6-18(24)12-16/h3-13H,1-2H3,(H,25,28)(H2,26,27,29,30). The summed E-state index contributed by atoms with van der Waals surface area (Å²) in [6.07, 6.45) is 0. The molecular weight excluding hydrogens is 418 g/mol. The highest BCUT2D eigenvalue weighted by Crippen LogP contribution is 2.17. The van der Waals surface area contributed by atoms with Gasteiger partial charge in [0.1, 0.15) is 0 Å². The van der Waals surface area contributed by atoms with Crippen LogP contribution in [0, 0.1) is 13.8 Å². The zero-order valence-corrected chi connectivity index (χ0v) is 18.0. The van der Waals surface area contributed by atoms with Crippen molar-refractivity contribution in [3.05, 3.63) is 94.0 Å². The molecule has 0 bridgehead atoms. The Morgan fingerprint density at radius 3 is 2.13 bits per heavy atom. The molecule has 3 aromatic carbocycles. The van der Waals surface area contributed by atoms with Crippen molar-refractivity contribution in [3.8, 4) is 0 Å². The second-order valence-corrected chi connectivity index (χ2v) is 7.60. The minimum atomic E-state index is -0.291. The summed E-state index contributed by atoms with van der Waals surface area (Å²) in [5.74, 6) is -0.568. The summed E-state index contributed by atoms with van der Waals surface area (Å²) in [6.45, 7) is 3.94. The zero-order valence-electron chi connectivity index (χ0n) is 16.5. The molecule has 0 radical (unpaired) electrons. The number of carbonyl (C=O) groups is 2. The molecule has 0 heterocycles. The van der Waals surface area contributed by atoms with Gasteiger partial charge in [0.2, 0.25) is 0 Å². The van der Waals surface area contributed by atoms with Crippen molar-refractivity contribution in [3.63, 3.8) is 0 Å². The first-order valence-electron chi connectivity index (χ1n) is 9.18. The highest BCUT2D eigenvalue weighted by atomic mass is 35.5. The van der Waals surface area contributed by atoms with E-state index in [1.807, 2.05) is 26.0 Å². The number of thiocarbonyl (C=S) groups is 1. The van der Waals surface area contributed by atoms with Gasteiger partial charge in [0, 0.05) is 27.5 Å². The van der Waals surface area contributed by atoms with Crippen molar-refractivity contribution in [2.45, 2.75) is 13.8 Å². The molecule has 0 aromatic heterocycles. The van der Waals surface area contributed by atoms with Crippen LogP contribution in [0.4, 0.5) is 11.4 Å². The third kappa shape index (κ3) is 5.65. The van der Waals surface area contributed by atoms with E-state index in [0.29, 0.717) is 27.5 Å². The molecule has 2 amide bonds. The normalized spacial score (nSPS) is 10.2. The van der Waals surface area contributed by atoms with Crippen LogP contribution in [0.3, 0.4) is 0 Å². The molecule has 5 nitrogen and oxygen atoms in total. The van der Waals surface area contributed by atoms with E-state index in [1.54, 1.807) is 54.6 Å². The van der Waals surface area contributed by atoms with Crippen molar-refractivity contribution >= 4 is 52.1 Å². The van der Waals surface area contributed by atoms with Crippen molar-refractivity contribution in [1.29, 1.82) is 0 Å². The second-order valence-electron chi connectivity index (χ2n) is 6.75. The van der Waals surface area contributed by atoms with Crippen LogP contribution in [-0.4, -0.2) is 16.9 Å². The van der Waals surface area contributed by atoms with Gasteiger partial charge in [-0.2, -0.15) is 0 Å². The van der Waals surface area contributed by atoms with Crippen LogP contribution in [0.5, 0.6) is 0 Å². The fourth-order valence-electron chi connectivity index (χ4n) is 2.73. The van der Waals surface area contributed by atoms with E-state index in [2.05, 4.69) is 16.0 Å². The molecule has 0 aliphatic heterocycles. The number of nitrogens with one attached hydrogen (secondary N) is 3. The van der Waals surface area contributed by atoms with E-state index >= 15 is 0 Å². The largest absolute Gasteiger partial charge is 0.332 e. The topological polar surface area (TPSA) is 70.2 Å². The Morgan fingerprint density at radius 2 is 1.43 bits per heavy atom. The Kier molecular flexibility index (Phi) is 6.82. The zero-order chi connectivity index (χ0) is 21.7. The van der Waals surface area contributed by atoms with E-state index in [1.165, 1.54) is 0 Å². The lowest BCUT2D eigenvalue weighted by Gasteiger charge is -2.12. The van der Waals surface area contributed by atoms with Gasteiger partial charge in [-0.25, -0.2) is 0 Å². The minimum absolute atomic E-state index is 0.163. The quantitative estimate of drug-likeness (QED) is 0.482. The summed E-state index contributed by atoms with van der Waals surface area (Å²) in [5.41, 5.74) is 4.34. The Labute approximate surface area is 185 Å². The van der Waals surface area contributed by atoms with E-state index < -0.39 is 0 Å². The number of rotatable bonds is 4. The summed E-state index contributed by atoms with van der Waals surface area (Å²) in [7, 11) is 0. The maximum absolute atomic E-state index is 12.4. The minimum Gasteiger partial charge on any atom is -0.332 e. The first-order valence-corrected chi connectivity index (χ1v) is 9.97. The molecule has 0 saturated carbocycles. The molecule has 3 N–H and O–H groups in total. The number of halogens is 1. The third-order valence-electron chi connectivity index (χ3n) is 4.46. The fraction of sp³-hybridized carbons (Fsp3) is 0.0870. The van der Waals surface area contributed by atoms with Crippen LogP contribution < -0.4 is 16.0 Å². The number of carbonyl (C=O) groups excluding carboxylic acids is 2. The van der Waals surface area contributed by atoms with Crippen LogP contribution >= 0.6 is 23.8 Å². The smallest absolute Gasteiger partial charge is 0.257 e. The third-order valence-corrected chi connectivity index (χ3v) is 4.90. The molecule has 0 fully saturated rings. The lowest BCUT2D eigenvalue weighted by atomic mass is 10.1. The highest BCUT2D eigenvalue weighted by Gasteiger charge is 2.10. The molecular formula is C23H20ClN3O2S. The predicted molar refractivity (Wildman–Crippen MR) is 125 cm³/mol. The van der Waals surface area contributed by atoms with Gasteiger partial charge >= 0.3 is 0 Å². The molecule has 0 unspecified atom stereocenters. The number of benzene rings is 3. The lowest BCUT2D eigenvalue weighted by molar-refractivity contribution is 0.0976. The Morgan fingerprint density at radius 1 is 0.767 bits per heavy atom. The summed E-state index contributed by atoms with van der Waals surface area (Å²) in [4.78, 5) is 24.8. The van der Waals surface area contributed by atoms with Gasteiger partial charge in [-0.15, -0.1) is 0 Å². The van der Waals surface area contributed by atoms with Gasteiger partial charge < -0.3 is 10.6 Å². The van der Waals surface area contributed by atoms with Gasteiger partial charge in [-0.05, 0) is 85.7 Å². The van der Waals surface area contributed by atoms with Gasteiger partial charge in [-0.3, -0.25) is 14.9 Å². The average molecular weight is 438 g/mol. The summed E-state index contributed by atoms with van der Waals surface area (Å²) < 4.78 is 0. The first-order chi connectivity index (χ1) is 14.3. The van der Waals surface area contributed by atoms with Crippen molar-refractivity contribution in [2.24, 2.45) is 0 Å². The molecule has 30 heavy (non-hydrogen) atoms. The average Bonchev–Trinajstić information content (AvgIpc) is 2.70. The maximum Gasteiger partial charge on any atom is 0.257 e. The summed E-state index contributed by atoms with van der Waals surface area (Å²) in [5, 5.41) is 9.08. The van der Waals surface area contributed by atoms with Crippen LogP contribution in [0.25, 0.3) is 0 Å². The molecule has 0 saturated heterocycles. The molecule has 3 rings (SSSR count). The second kappa shape index (κ2) is 9.52. The number of anilines is 2. The molecule has 0 atom stereocenters. The fourth-order valence-corrected chi connectivity index (χ4v) is 3.13. The Hall–Kier alpha value is -3.22. The van der Waals surface area contributed by atoms with Crippen LogP contribution in [0.2, 0.25) is 5.02 Å². The van der Waals surface area contributed by atoms with Gasteiger partial charge in [0.05, 0.1) is 0 Å². The number of hydrogen-bond donors (Lipinski definition) is 3. The van der Waals surface area contributed by atoms with Gasteiger partial charge in [-0.1, -0.05) is 29.8 Å². The Bertz CT molecular complexity index is 1130. The van der Waals surface area contributed by atoms with E-state index in [0.717, 1.165) is 11.1 Å². The molecule has 0 aliphatic rings. The Balaban J connectivity index is 1.63. The van der Waals surface area contributed by atoms with E-state index in [9.17, 15) is 9.59 Å². The van der Waals surface area contributed by atoms with Gasteiger partial charge in [0.15, 0.2) is 5.11 Å². The first kappa shape index (κ1) is 21.5. The maximum atomic E-state index is 12.4. The van der Waals surface area contributed by atoms with Crippen molar-refractivity contribution in [2.75, 3.05) is 10.6 Å². The SMILES string of the molecule is Cc1ccc(C(=O)NC(=S)Nc2cccc(NC(=O)c3cccc(Cl)c3)c2)cc1C. The number of aryl methyl sites for hydroxylation is 2. The predicted octanol–water partition coefficient (Wildman–Crippen LogP) is 5.34. The summed E-state index contributed by atoms with van der Waals surface area (Å²) in [6, 6.07) is 19.2. The van der Waals surface area contributed by atoms with Crippen LogP contribution in [0.15, 0.2) is 66.7 Å². The highest BCUT2D eigenvalue weighted by molar-refractivity contribution is 7.80. The molecule has 0 spiro atoms. The van der Waals surface area contributed by atoms with Crippen LogP contribution in [-0.2, 0) is 0 Å². The lowest BCUT2D eigenvalue weighted by Crippen LogP contribution is -2.34. The van der Waals surface area contributed by atoms with E-state index in [4.69, 9.17) is 23.8 Å². The number of hydrogen-bond acceptors (Lipinski definition) is 3. The van der Waals surface area contributed by atoms with Crippen LogP contribution in [0.1, 0.15) is 31.8 Å². The summed E-state index contributed by atoms with van der Waals surface area (Å²) >= 11 is 11.2. The number of amides is 2. The van der Waals surface area contributed by atoms with Crippen molar-refractivity contribution in [1.82, 2.24) is 5.32 Å². The molecule has 0 aliphatic carbocycles. The molecule has 3 aromatic rings. The monoisotopic (exact) mass is 437 g/mol. The van der Waals surface area contributed by atoms with Gasteiger partial charge in [0.25, 0.3) is 11.8 Å². The van der Waals surface area contributed by atoms with Crippen molar-refractivity contribution < 1.29 is 9.59 Å².